The predicted molar refractivity (Wildman–Crippen MR) is 32.5 cm³/mol. The van der Waals surface area contributed by atoms with E-state index in [4.69, 9.17) is 5.11 Å². The van der Waals surface area contributed by atoms with Crippen LogP contribution < -0.4 is 4.74 Å². The van der Waals surface area contributed by atoms with Crippen molar-refractivity contribution in [1.29, 1.82) is 0 Å². The Bertz CT molecular complexity index is 351. The zero-order valence-electron chi connectivity index (χ0n) is 6.27. The first-order valence-corrected chi connectivity index (χ1v) is 3.10. The lowest BCUT2D eigenvalue weighted by Gasteiger charge is -2.10. The molecule has 0 aliphatic carbocycles. The number of halogens is 5. The molecule has 1 rings (SSSR count). The van der Waals surface area contributed by atoms with Crippen LogP contribution in [-0.2, 0) is 0 Å². The van der Waals surface area contributed by atoms with E-state index in [1.54, 1.807) is 0 Å². The molecule has 0 aliphatic rings. The molecule has 1 aromatic heterocycles. The van der Waals surface area contributed by atoms with Crippen LogP contribution in [0.5, 0.6) is 11.5 Å². The third-order valence-electron chi connectivity index (χ3n) is 1.13. The van der Waals surface area contributed by atoms with Crippen LogP contribution in [0, 0.1) is 11.8 Å². The summed E-state index contributed by atoms with van der Waals surface area (Å²) in [4.78, 5) is 2.63. The van der Waals surface area contributed by atoms with E-state index in [9.17, 15) is 22.0 Å². The summed E-state index contributed by atoms with van der Waals surface area (Å²) in [5.74, 6) is -6.66. The van der Waals surface area contributed by atoms with Crippen LogP contribution in [0.25, 0.3) is 0 Å². The lowest BCUT2D eigenvalue weighted by atomic mass is 10.4. The van der Waals surface area contributed by atoms with Crippen LogP contribution >= 0.6 is 0 Å². The molecule has 1 heterocycles. The molecule has 0 spiro atoms. The van der Waals surface area contributed by atoms with E-state index in [0.717, 1.165) is 0 Å². The first-order valence-electron chi connectivity index (χ1n) is 3.10. The topological polar surface area (TPSA) is 42.4 Å². The number of hydrogen-bond donors (Lipinski definition) is 1. The smallest absolute Gasteiger partial charge is 0.503 e. The Morgan fingerprint density at radius 1 is 1.29 bits per heavy atom. The van der Waals surface area contributed by atoms with Gasteiger partial charge < -0.3 is 9.84 Å². The van der Waals surface area contributed by atoms with E-state index >= 15 is 0 Å². The molecule has 0 unspecified atom stereocenters. The third-order valence-corrected chi connectivity index (χ3v) is 1.13. The molecule has 1 N–H and O–H groups in total. The van der Waals surface area contributed by atoms with Crippen LogP contribution in [0.1, 0.15) is 0 Å². The summed E-state index contributed by atoms with van der Waals surface area (Å²) in [5, 5.41) is 8.68. The molecule has 0 aromatic carbocycles. The van der Waals surface area contributed by atoms with Crippen molar-refractivity contribution >= 4 is 0 Å². The number of hydrogen-bond acceptors (Lipinski definition) is 3. The van der Waals surface area contributed by atoms with Crippen molar-refractivity contribution in [3.63, 3.8) is 0 Å². The summed E-state index contributed by atoms with van der Waals surface area (Å²) in [5.41, 5.74) is 0. The molecular formula is C6H2F5NO2. The van der Waals surface area contributed by atoms with Crippen molar-refractivity contribution < 1.29 is 31.8 Å². The Morgan fingerprint density at radius 3 is 2.36 bits per heavy atom. The van der Waals surface area contributed by atoms with E-state index in [2.05, 4.69) is 9.72 Å². The zero-order chi connectivity index (χ0) is 10.9. The fourth-order valence-corrected chi connectivity index (χ4v) is 0.652. The van der Waals surface area contributed by atoms with Gasteiger partial charge in [0.2, 0.25) is 11.6 Å². The molecule has 1 aromatic rings. The summed E-state index contributed by atoms with van der Waals surface area (Å²) < 4.78 is 62.7. The third kappa shape index (κ3) is 2.21. The van der Waals surface area contributed by atoms with Crippen molar-refractivity contribution in [3.05, 3.63) is 18.0 Å². The van der Waals surface area contributed by atoms with Crippen molar-refractivity contribution in [2.75, 3.05) is 0 Å². The van der Waals surface area contributed by atoms with Crippen LogP contribution in [0.4, 0.5) is 22.0 Å². The molecule has 0 atom stereocenters. The molecule has 0 saturated carbocycles. The molecule has 0 aliphatic heterocycles. The average molecular weight is 215 g/mol. The van der Waals surface area contributed by atoms with Crippen LogP contribution in [0.2, 0.25) is 0 Å². The van der Waals surface area contributed by atoms with Gasteiger partial charge in [-0.15, -0.1) is 13.2 Å². The lowest BCUT2D eigenvalue weighted by Crippen LogP contribution is -2.18. The number of aromatic hydroxyl groups is 1. The molecule has 8 heteroatoms. The average Bonchev–Trinajstić information content (AvgIpc) is 2.04. The quantitative estimate of drug-likeness (QED) is 0.575. The van der Waals surface area contributed by atoms with Gasteiger partial charge in [-0.3, -0.25) is 0 Å². The Labute approximate surface area is 73.8 Å². The Balaban J connectivity index is 3.13. The van der Waals surface area contributed by atoms with Gasteiger partial charge >= 0.3 is 6.36 Å². The maximum atomic E-state index is 12.6. The van der Waals surface area contributed by atoms with Gasteiger partial charge in [-0.1, -0.05) is 0 Å². The maximum Gasteiger partial charge on any atom is 0.573 e. The molecule has 0 amide bonds. The van der Waals surface area contributed by atoms with Gasteiger partial charge in [-0.05, 0) is 0 Å². The molecular weight excluding hydrogens is 213 g/mol. The van der Waals surface area contributed by atoms with Gasteiger partial charge in [0, 0.05) is 0 Å². The molecule has 14 heavy (non-hydrogen) atoms. The minimum atomic E-state index is -5.22. The van der Waals surface area contributed by atoms with E-state index < -0.39 is 29.6 Å². The summed E-state index contributed by atoms with van der Waals surface area (Å²) in [6.45, 7) is 0. The summed E-state index contributed by atoms with van der Waals surface area (Å²) in [6.07, 6.45) is -4.91. The number of nitrogens with zero attached hydrogens (tertiary/aromatic N) is 1. The first kappa shape index (κ1) is 10.5. The Kier molecular flexibility index (Phi) is 2.45. The van der Waals surface area contributed by atoms with Crippen molar-refractivity contribution in [1.82, 2.24) is 4.98 Å². The Morgan fingerprint density at radius 2 is 1.86 bits per heavy atom. The second kappa shape index (κ2) is 3.28. The molecule has 78 valence electrons. The van der Waals surface area contributed by atoms with Gasteiger partial charge in [0.05, 0.1) is 6.20 Å². The molecule has 0 fully saturated rings. The number of rotatable bonds is 1. The van der Waals surface area contributed by atoms with Crippen molar-refractivity contribution in [3.8, 4) is 11.5 Å². The van der Waals surface area contributed by atoms with E-state index in [1.807, 2.05) is 0 Å². The van der Waals surface area contributed by atoms with E-state index in [1.165, 1.54) is 0 Å². The number of aromatic nitrogens is 1. The highest BCUT2D eigenvalue weighted by Crippen LogP contribution is 2.33. The summed E-state index contributed by atoms with van der Waals surface area (Å²) in [7, 11) is 0. The number of pyridine rings is 1. The maximum absolute atomic E-state index is 12.6. The van der Waals surface area contributed by atoms with E-state index in [-0.39, 0.29) is 0 Å². The van der Waals surface area contributed by atoms with Gasteiger partial charge in [-0.25, -0.2) is 4.98 Å². The van der Waals surface area contributed by atoms with Gasteiger partial charge in [0.1, 0.15) is 0 Å². The van der Waals surface area contributed by atoms with Crippen LogP contribution in [0.15, 0.2) is 6.20 Å². The zero-order valence-corrected chi connectivity index (χ0v) is 6.27. The summed E-state index contributed by atoms with van der Waals surface area (Å²) >= 11 is 0. The van der Waals surface area contributed by atoms with Crippen LogP contribution in [-0.4, -0.2) is 16.5 Å². The molecule has 0 radical (unpaired) electrons. The van der Waals surface area contributed by atoms with Gasteiger partial charge in [0.25, 0.3) is 5.95 Å². The lowest BCUT2D eigenvalue weighted by molar-refractivity contribution is -0.276. The monoisotopic (exact) mass is 215 g/mol. The van der Waals surface area contributed by atoms with Crippen molar-refractivity contribution in [2.45, 2.75) is 6.36 Å². The van der Waals surface area contributed by atoms with E-state index in [0.29, 0.717) is 6.20 Å². The standard InChI is InChI=1S/C6H2F5NO2/c7-3-4(14-6(9,10)11)2(13)1-12-5(3)8/h1,13H. The number of ether oxygens (including phenoxy) is 1. The highest BCUT2D eigenvalue weighted by atomic mass is 19.4. The minimum absolute atomic E-state index is 0.305. The second-order valence-corrected chi connectivity index (χ2v) is 2.13. The SMILES string of the molecule is Oc1cnc(F)c(F)c1OC(F)(F)F. The Hall–Kier alpha value is -1.60. The minimum Gasteiger partial charge on any atom is -0.503 e. The fourth-order valence-electron chi connectivity index (χ4n) is 0.652. The van der Waals surface area contributed by atoms with Gasteiger partial charge in [-0.2, -0.15) is 8.78 Å². The van der Waals surface area contributed by atoms with Crippen LogP contribution in [0.3, 0.4) is 0 Å². The molecule has 0 saturated heterocycles. The highest BCUT2D eigenvalue weighted by molar-refractivity contribution is 5.37. The molecule has 0 bridgehead atoms. The molecule has 3 nitrogen and oxygen atoms in total. The largest absolute Gasteiger partial charge is 0.573 e. The normalized spacial score (nSPS) is 11.5. The van der Waals surface area contributed by atoms with Gasteiger partial charge in [0.15, 0.2) is 5.75 Å². The van der Waals surface area contributed by atoms with Crippen molar-refractivity contribution in [2.24, 2.45) is 0 Å². The highest BCUT2D eigenvalue weighted by Gasteiger charge is 2.34. The first-order chi connectivity index (χ1) is 6.31. The second-order valence-electron chi connectivity index (χ2n) is 2.13. The predicted octanol–water partition coefficient (Wildman–Crippen LogP) is 1.96. The summed E-state index contributed by atoms with van der Waals surface area (Å²) in [6, 6.07) is 0. The fraction of sp³-hybridized carbons (Fsp3) is 0.167. The number of alkyl halides is 3.